The maximum Gasteiger partial charge on any atom is 0.132 e. The van der Waals surface area contributed by atoms with Gasteiger partial charge in [0.2, 0.25) is 0 Å². The zero-order chi connectivity index (χ0) is 9.14. The molecule has 0 atom stereocenters. The van der Waals surface area contributed by atoms with Crippen molar-refractivity contribution in [2.24, 2.45) is 5.73 Å². The lowest BCUT2D eigenvalue weighted by Crippen LogP contribution is -2.12. The lowest BCUT2D eigenvalue weighted by molar-refractivity contribution is 0.411. The van der Waals surface area contributed by atoms with Crippen molar-refractivity contribution >= 4 is 5.84 Å². The maximum atomic E-state index is 7.27. The highest BCUT2D eigenvalue weighted by Crippen LogP contribution is 2.21. The lowest BCUT2D eigenvalue weighted by Gasteiger charge is -2.08. The molecule has 3 N–H and O–H groups in total. The van der Waals surface area contributed by atoms with Crippen LogP contribution in [0.5, 0.6) is 5.75 Å². The van der Waals surface area contributed by atoms with Crippen LogP contribution in [0.4, 0.5) is 0 Å². The summed E-state index contributed by atoms with van der Waals surface area (Å²) >= 11 is 0. The highest BCUT2D eigenvalue weighted by atomic mass is 16.5. The molecule has 0 heterocycles. The third-order valence-corrected chi connectivity index (χ3v) is 1.71. The van der Waals surface area contributed by atoms with Gasteiger partial charge < -0.3 is 10.5 Å². The molecule has 0 saturated heterocycles. The minimum absolute atomic E-state index is 0.0375. The van der Waals surface area contributed by atoms with E-state index in [0.717, 1.165) is 5.56 Å². The predicted molar refractivity (Wildman–Crippen MR) is 48.7 cm³/mol. The number of benzene rings is 1. The second kappa shape index (κ2) is 3.26. The largest absolute Gasteiger partial charge is 0.496 e. The van der Waals surface area contributed by atoms with E-state index in [0.29, 0.717) is 11.3 Å². The number of nitrogens with two attached hydrogens (primary N) is 1. The molecule has 0 saturated carbocycles. The average molecular weight is 164 g/mol. The molecule has 0 bridgehead atoms. The number of ether oxygens (including phenoxy) is 1. The van der Waals surface area contributed by atoms with E-state index in [2.05, 4.69) is 0 Å². The fourth-order valence-corrected chi connectivity index (χ4v) is 1.14. The van der Waals surface area contributed by atoms with Crippen LogP contribution in [0.3, 0.4) is 0 Å². The molecule has 3 nitrogen and oxygen atoms in total. The Balaban J connectivity index is 3.27. The van der Waals surface area contributed by atoms with Crippen LogP contribution >= 0.6 is 0 Å². The van der Waals surface area contributed by atoms with Crippen molar-refractivity contribution in [2.45, 2.75) is 6.92 Å². The minimum atomic E-state index is 0.0375. The summed E-state index contributed by atoms with van der Waals surface area (Å²) in [5, 5.41) is 7.27. The molecule has 12 heavy (non-hydrogen) atoms. The summed E-state index contributed by atoms with van der Waals surface area (Å²) in [7, 11) is 1.58. The molecular formula is C9H12N2O. The Kier molecular flexibility index (Phi) is 2.33. The summed E-state index contributed by atoms with van der Waals surface area (Å²) in [6, 6.07) is 5.55. The van der Waals surface area contributed by atoms with Gasteiger partial charge in [-0.05, 0) is 18.6 Å². The first-order chi connectivity index (χ1) is 5.66. The quantitative estimate of drug-likeness (QED) is 0.511. The lowest BCUT2D eigenvalue weighted by atomic mass is 10.1. The second-order valence-corrected chi connectivity index (χ2v) is 2.57. The number of nitrogen functional groups attached to an aromatic ring is 1. The van der Waals surface area contributed by atoms with Crippen LogP contribution in [0.15, 0.2) is 18.2 Å². The fraction of sp³-hybridized carbons (Fsp3) is 0.222. The van der Waals surface area contributed by atoms with Gasteiger partial charge in [-0.2, -0.15) is 0 Å². The van der Waals surface area contributed by atoms with Gasteiger partial charge >= 0.3 is 0 Å². The number of rotatable bonds is 2. The zero-order valence-electron chi connectivity index (χ0n) is 7.22. The van der Waals surface area contributed by atoms with Crippen LogP contribution in [-0.2, 0) is 0 Å². The van der Waals surface area contributed by atoms with Gasteiger partial charge in [-0.1, -0.05) is 12.1 Å². The Morgan fingerprint density at radius 3 is 2.58 bits per heavy atom. The minimum Gasteiger partial charge on any atom is -0.496 e. The Bertz CT molecular complexity index is 307. The second-order valence-electron chi connectivity index (χ2n) is 2.57. The van der Waals surface area contributed by atoms with E-state index in [1.165, 1.54) is 0 Å². The molecular weight excluding hydrogens is 152 g/mol. The maximum absolute atomic E-state index is 7.27. The summed E-state index contributed by atoms with van der Waals surface area (Å²) < 4.78 is 5.12. The van der Waals surface area contributed by atoms with Crippen molar-refractivity contribution < 1.29 is 4.74 Å². The Labute approximate surface area is 71.7 Å². The van der Waals surface area contributed by atoms with Crippen LogP contribution in [0.25, 0.3) is 0 Å². The SMILES string of the molecule is COc1c(C)cccc1C(=N)N. The third kappa shape index (κ3) is 1.39. The summed E-state index contributed by atoms with van der Waals surface area (Å²) in [5.41, 5.74) is 7.00. The van der Waals surface area contributed by atoms with Crippen LogP contribution < -0.4 is 10.5 Å². The first-order valence-corrected chi connectivity index (χ1v) is 3.65. The highest BCUT2D eigenvalue weighted by Gasteiger charge is 2.06. The topological polar surface area (TPSA) is 59.1 Å². The van der Waals surface area contributed by atoms with Crippen LogP contribution in [0.2, 0.25) is 0 Å². The normalized spacial score (nSPS) is 9.50. The predicted octanol–water partition coefficient (Wildman–Crippen LogP) is 1.29. The molecule has 0 radical (unpaired) electrons. The molecule has 1 aromatic carbocycles. The standard InChI is InChI=1S/C9H12N2O/c1-6-4-3-5-7(9(10)11)8(6)12-2/h3-5H,1-2H3,(H3,10,11). The summed E-state index contributed by atoms with van der Waals surface area (Å²) in [6.45, 7) is 1.92. The molecule has 0 fully saturated rings. The molecule has 1 aromatic rings. The highest BCUT2D eigenvalue weighted by molar-refractivity contribution is 5.98. The van der Waals surface area contributed by atoms with Crippen LogP contribution in [-0.4, -0.2) is 12.9 Å². The van der Waals surface area contributed by atoms with Gasteiger partial charge in [0.15, 0.2) is 0 Å². The van der Waals surface area contributed by atoms with E-state index in [4.69, 9.17) is 15.9 Å². The monoisotopic (exact) mass is 164 g/mol. The number of aryl methyl sites for hydroxylation is 1. The molecule has 0 aliphatic carbocycles. The van der Waals surface area contributed by atoms with Crippen molar-refractivity contribution in [2.75, 3.05) is 7.11 Å². The van der Waals surface area contributed by atoms with Gasteiger partial charge in [0.25, 0.3) is 0 Å². The van der Waals surface area contributed by atoms with E-state index in [1.807, 2.05) is 19.1 Å². The summed E-state index contributed by atoms with van der Waals surface area (Å²) in [6.07, 6.45) is 0. The van der Waals surface area contributed by atoms with Gasteiger partial charge in [0.1, 0.15) is 11.6 Å². The van der Waals surface area contributed by atoms with Gasteiger partial charge in [-0.25, -0.2) is 0 Å². The van der Waals surface area contributed by atoms with Gasteiger partial charge in [-0.3, -0.25) is 5.41 Å². The fourth-order valence-electron chi connectivity index (χ4n) is 1.14. The van der Waals surface area contributed by atoms with Crippen molar-refractivity contribution in [1.82, 2.24) is 0 Å². The molecule has 0 aliphatic rings. The zero-order valence-corrected chi connectivity index (χ0v) is 7.22. The number of hydrogen-bond donors (Lipinski definition) is 2. The number of hydrogen-bond acceptors (Lipinski definition) is 2. The molecule has 1 rings (SSSR count). The van der Waals surface area contributed by atoms with Gasteiger partial charge in [0, 0.05) is 0 Å². The molecule has 0 aliphatic heterocycles. The number of amidine groups is 1. The molecule has 64 valence electrons. The van der Waals surface area contributed by atoms with Crippen molar-refractivity contribution in [3.05, 3.63) is 29.3 Å². The smallest absolute Gasteiger partial charge is 0.132 e. The average Bonchev–Trinajstić information content (AvgIpc) is 2.03. The summed E-state index contributed by atoms with van der Waals surface area (Å²) in [4.78, 5) is 0. The van der Waals surface area contributed by atoms with Gasteiger partial charge in [-0.15, -0.1) is 0 Å². The molecule has 0 aromatic heterocycles. The Morgan fingerprint density at radius 1 is 1.50 bits per heavy atom. The van der Waals surface area contributed by atoms with E-state index in [-0.39, 0.29) is 5.84 Å². The summed E-state index contributed by atoms with van der Waals surface area (Å²) in [5.74, 6) is 0.723. The van der Waals surface area contributed by atoms with Crippen molar-refractivity contribution in [3.63, 3.8) is 0 Å². The van der Waals surface area contributed by atoms with E-state index in [9.17, 15) is 0 Å². The van der Waals surface area contributed by atoms with Crippen LogP contribution in [0.1, 0.15) is 11.1 Å². The molecule has 0 unspecified atom stereocenters. The third-order valence-electron chi connectivity index (χ3n) is 1.71. The number of para-hydroxylation sites is 1. The van der Waals surface area contributed by atoms with Crippen molar-refractivity contribution in [1.29, 1.82) is 5.41 Å². The first-order valence-electron chi connectivity index (χ1n) is 3.65. The number of methoxy groups -OCH3 is 1. The first kappa shape index (κ1) is 8.59. The number of nitrogens with one attached hydrogen (secondary N) is 1. The van der Waals surface area contributed by atoms with E-state index in [1.54, 1.807) is 13.2 Å². The molecule has 0 amide bonds. The van der Waals surface area contributed by atoms with Crippen LogP contribution in [0, 0.1) is 12.3 Å². The van der Waals surface area contributed by atoms with Crippen molar-refractivity contribution in [3.8, 4) is 5.75 Å². The Hall–Kier alpha value is -1.51. The van der Waals surface area contributed by atoms with E-state index < -0.39 is 0 Å². The van der Waals surface area contributed by atoms with E-state index >= 15 is 0 Å². The molecule has 0 spiro atoms. The Morgan fingerprint density at radius 2 is 2.17 bits per heavy atom. The molecule has 3 heteroatoms. The van der Waals surface area contributed by atoms with Gasteiger partial charge in [0.05, 0.1) is 12.7 Å².